The molecule has 0 saturated carbocycles. The molecule has 7 heteroatoms. The van der Waals surface area contributed by atoms with E-state index in [0.717, 1.165) is 11.3 Å². The molecule has 0 saturated heterocycles. The quantitative estimate of drug-likeness (QED) is 0.832. The third kappa shape index (κ3) is 2.66. The van der Waals surface area contributed by atoms with Gasteiger partial charge in [-0.25, -0.2) is 9.97 Å². The van der Waals surface area contributed by atoms with E-state index in [9.17, 15) is 13.2 Å². The summed E-state index contributed by atoms with van der Waals surface area (Å²) in [6, 6.07) is 1.52. The van der Waals surface area contributed by atoms with Crippen LogP contribution in [0.2, 0.25) is 0 Å². The highest BCUT2D eigenvalue weighted by molar-refractivity contribution is 7.18. The summed E-state index contributed by atoms with van der Waals surface area (Å²) < 4.78 is 36.9. The normalized spacial score (nSPS) is 12.1. The van der Waals surface area contributed by atoms with E-state index in [1.165, 1.54) is 12.4 Å². The fraction of sp³-hybridized carbons (Fsp3) is 0.400. The van der Waals surface area contributed by atoms with Crippen molar-refractivity contribution in [2.45, 2.75) is 12.6 Å². The average Bonchev–Trinajstić information content (AvgIpc) is 2.55. The average molecular weight is 261 g/mol. The number of rotatable bonds is 2. The van der Waals surface area contributed by atoms with Crippen LogP contribution in [0.25, 0.3) is 10.2 Å². The Morgan fingerprint density at radius 3 is 2.59 bits per heavy atom. The predicted octanol–water partition coefficient (Wildman–Crippen LogP) is 2.86. The van der Waals surface area contributed by atoms with Crippen molar-refractivity contribution < 1.29 is 13.2 Å². The van der Waals surface area contributed by atoms with Gasteiger partial charge in [0.15, 0.2) is 0 Å². The van der Waals surface area contributed by atoms with Crippen molar-refractivity contribution >= 4 is 27.4 Å². The number of fused-ring (bicyclic) bond motifs is 1. The molecule has 2 heterocycles. The summed E-state index contributed by atoms with van der Waals surface area (Å²) >= 11 is 1.06. The number of nitrogens with zero attached hydrogens (tertiary/aromatic N) is 3. The molecule has 0 unspecified atom stereocenters. The van der Waals surface area contributed by atoms with E-state index in [2.05, 4.69) is 9.97 Å². The van der Waals surface area contributed by atoms with E-state index in [1.54, 1.807) is 19.0 Å². The fourth-order valence-electron chi connectivity index (χ4n) is 1.53. The summed E-state index contributed by atoms with van der Waals surface area (Å²) in [4.78, 5) is 10.6. The summed E-state index contributed by atoms with van der Waals surface area (Å²) in [5, 5.41) is 0.668. The zero-order valence-electron chi connectivity index (χ0n) is 9.25. The van der Waals surface area contributed by atoms with Crippen LogP contribution in [0.4, 0.5) is 19.0 Å². The smallest absolute Gasteiger partial charge is 0.362 e. The summed E-state index contributed by atoms with van der Waals surface area (Å²) in [7, 11) is 3.59. The lowest BCUT2D eigenvalue weighted by Gasteiger charge is -2.10. The summed E-state index contributed by atoms with van der Waals surface area (Å²) in [6.07, 6.45) is -3.74. The molecular weight excluding hydrogens is 251 g/mol. The van der Waals surface area contributed by atoms with Crippen LogP contribution in [-0.4, -0.2) is 30.2 Å². The van der Waals surface area contributed by atoms with Crippen molar-refractivity contribution in [2.75, 3.05) is 19.0 Å². The van der Waals surface area contributed by atoms with E-state index < -0.39 is 12.6 Å². The summed E-state index contributed by atoms with van der Waals surface area (Å²) in [5.74, 6) is 0.639. The predicted molar refractivity (Wildman–Crippen MR) is 61.5 cm³/mol. The third-order valence-electron chi connectivity index (χ3n) is 2.16. The first kappa shape index (κ1) is 12.1. The van der Waals surface area contributed by atoms with E-state index in [4.69, 9.17) is 0 Å². The first-order valence-corrected chi connectivity index (χ1v) is 5.66. The maximum atomic E-state index is 12.3. The van der Waals surface area contributed by atoms with Gasteiger partial charge >= 0.3 is 6.18 Å². The van der Waals surface area contributed by atoms with Crippen molar-refractivity contribution in [1.82, 2.24) is 9.97 Å². The first-order valence-electron chi connectivity index (χ1n) is 4.84. The lowest BCUT2D eigenvalue weighted by atomic mass is 10.3. The Labute approximate surface area is 99.9 Å². The molecule has 2 aromatic heterocycles. The standard InChI is InChI=1S/C10H10F3N3S/c1-16(2)8-7-3-6(4-10(11,12)13)17-9(7)15-5-14-8/h3,5H,4H2,1-2H3. The van der Waals surface area contributed by atoms with Gasteiger partial charge in [-0.15, -0.1) is 11.3 Å². The van der Waals surface area contributed by atoms with Gasteiger partial charge in [-0.1, -0.05) is 0 Å². The van der Waals surface area contributed by atoms with Crippen LogP contribution in [0.3, 0.4) is 0 Å². The van der Waals surface area contributed by atoms with Gasteiger partial charge in [-0.2, -0.15) is 13.2 Å². The highest BCUT2D eigenvalue weighted by Gasteiger charge is 2.29. The van der Waals surface area contributed by atoms with Crippen LogP contribution in [-0.2, 0) is 6.42 Å². The topological polar surface area (TPSA) is 29.0 Å². The summed E-state index contributed by atoms with van der Waals surface area (Å²) in [6.45, 7) is 0. The van der Waals surface area contributed by atoms with E-state index in [-0.39, 0.29) is 4.88 Å². The van der Waals surface area contributed by atoms with Crippen molar-refractivity contribution in [3.8, 4) is 0 Å². The van der Waals surface area contributed by atoms with Crippen LogP contribution in [0.5, 0.6) is 0 Å². The fourth-order valence-corrected chi connectivity index (χ4v) is 2.55. The van der Waals surface area contributed by atoms with Crippen LogP contribution in [0, 0.1) is 0 Å². The van der Waals surface area contributed by atoms with Gasteiger partial charge in [0, 0.05) is 19.0 Å². The van der Waals surface area contributed by atoms with E-state index in [0.29, 0.717) is 16.0 Å². The van der Waals surface area contributed by atoms with E-state index in [1.807, 2.05) is 0 Å². The minimum atomic E-state index is -4.19. The Morgan fingerprint density at radius 2 is 2.00 bits per heavy atom. The Morgan fingerprint density at radius 1 is 1.29 bits per heavy atom. The van der Waals surface area contributed by atoms with Crippen LogP contribution in [0.15, 0.2) is 12.4 Å². The second kappa shape index (κ2) is 4.14. The number of anilines is 1. The maximum absolute atomic E-state index is 12.3. The van der Waals surface area contributed by atoms with Crippen molar-refractivity contribution in [1.29, 1.82) is 0 Å². The molecule has 92 valence electrons. The van der Waals surface area contributed by atoms with Crippen molar-refractivity contribution in [3.63, 3.8) is 0 Å². The zero-order chi connectivity index (χ0) is 12.6. The molecular formula is C10H10F3N3S. The molecule has 3 nitrogen and oxygen atoms in total. The molecule has 0 aliphatic rings. The SMILES string of the molecule is CN(C)c1ncnc2sc(CC(F)(F)F)cc12. The highest BCUT2D eigenvalue weighted by atomic mass is 32.1. The van der Waals surface area contributed by atoms with Gasteiger partial charge in [0.1, 0.15) is 17.0 Å². The molecule has 0 N–H and O–H groups in total. The molecule has 0 aliphatic heterocycles. The Bertz CT molecular complexity index is 533. The highest BCUT2D eigenvalue weighted by Crippen LogP contribution is 2.32. The number of alkyl halides is 3. The van der Waals surface area contributed by atoms with Gasteiger partial charge in [0.25, 0.3) is 0 Å². The maximum Gasteiger partial charge on any atom is 0.393 e. The van der Waals surface area contributed by atoms with Gasteiger partial charge in [0.05, 0.1) is 11.8 Å². The van der Waals surface area contributed by atoms with Gasteiger partial charge in [-0.3, -0.25) is 0 Å². The van der Waals surface area contributed by atoms with Crippen molar-refractivity contribution in [3.05, 3.63) is 17.3 Å². The molecule has 0 amide bonds. The molecule has 17 heavy (non-hydrogen) atoms. The lowest BCUT2D eigenvalue weighted by Crippen LogP contribution is -2.11. The second-order valence-corrected chi connectivity index (χ2v) is 4.93. The molecule has 2 rings (SSSR count). The number of hydrogen-bond donors (Lipinski definition) is 0. The molecule has 2 aromatic rings. The van der Waals surface area contributed by atoms with Crippen LogP contribution < -0.4 is 4.90 Å². The van der Waals surface area contributed by atoms with Crippen LogP contribution in [0.1, 0.15) is 4.88 Å². The van der Waals surface area contributed by atoms with E-state index >= 15 is 0 Å². The zero-order valence-corrected chi connectivity index (χ0v) is 10.1. The monoisotopic (exact) mass is 261 g/mol. The first-order chi connectivity index (χ1) is 7.87. The number of hydrogen-bond acceptors (Lipinski definition) is 4. The van der Waals surface area contributed by atoms with Gasteiger partial charge < -0.3 is 4.90 Å². The minimum absolute atomic E-state index is 0.260. The third-order valence-corrected chi connectivity index (χ3v) is 3.20. The molecule has 0 atom stereocenters. The van der Waals surface area contributed by atoms with Gasteiger partial charge in [-0.05, 0) is 6.07 Å². The Kier molecular flexibility index (Phi) is 2.94. The number of aromatic nitrogens is 2. The Hall–Kier alpha value is -1.37. The summed E-state index contributed by atoms with van der Waals surface area (Å²) in [5.41, 5.74) is 0. The molecule has 0 radical (unpaired) electrons. The van der Waals surface area contributed by atoms with Crippen LogP contribution >= 0.6 is 11.3 Å². The largest absolute Gasteiger partial charge is 0.393 e. The molecule has 0 bridgehead atoms. The lowest BCUT2D eigenvalue weighted by molar-refractivity contribution is -0.126. The molecule has 0 fully saturated rings. The molecule has 0 aromatic carbocycles. The van der Waals surface area contributed by atoms with Crippen molar-refractivity contribution in [2.24, 2.45) is 0 Å². The molecule has 0 aliphatic carbocycles. The van der Waals surface area contributed by atoms with Gasteiger partial charge in [0.2, 0.25) is 0 Å². The Balaban J connectivity index is 2.47. The number of halogens is 3. The molecule has 0 spiro atoms. The minimum Gasteiger partial charge on any atom is -0.362 e. The number of thiophene rings is 1. The second-order valence-electron chi connectivity index (χ2n) is 3.82.